The summed E-state index contributed by atoms with van der Waals surface area (Å²) in [5, 5.41) is 33.5. The second-order valence-electron chi connectivity index (χ2n) is 12.6. The van der Waals surface area contributed by atoms with Crippen molar-refractivity contribution in [2.45, 2.75) is 101 Å². The molecule has 0 amide bonds. The number of aryl methyl sites for hydroxylation is 2. The summed E-state index contributed by atoms with van der Waals surface area (Å²) in [5.74, 6) is 0.729. The maximum atomic E-state index is 11.3. The molecule has 6 nitrogen and oxygen atoms in total. The number of hydrogen-bond donors (Lipinski definition) is 5. The first-order chi connectivity index (χ1) is 16.7. The van der Waals surface area contributed by atoms with Crippen LogP contribution >= 0.6 is 0 Å². The molecule has 5 N–H and O–H groups in total. The van der Waals surface area contributed by atoms with E-state index in [4.69, 9.17) is 0 Å². The van der Waals surface area contributed by atoms with Gasteiger partial charge in [0.25, 0.3) is 0 Å². The largest absolute Gasteiger partial charge is 0.507 e. The van der Waals surface area contributed by atoms with E-state index >= 15 is 0 Å². The molecular weight excluding hydrogens is 448 g/mol. The fourth-order valence-corrected chi connectivity index (χ4v) is 5.30. The van der Waals surface area contributed by atoms with Crippen LogP contribution in [0, 0.1) is 24.7 Å². The highest BCUT2D eigenvalue weighted by Crippen LogP contribution is 2.32. The van der Waals surface area contributed by atoms with E-state index in [-0.39, 0.29) is 23.2 Å². The van der Waals surface area contributed by atoms with Crippen LogP contribution in [0.4, 0.5) is 0 Å². The van der Waals surface area contributed by atoms with Gasteiger partial charge in [0.1, 0.15) is 11.5 Å². The number of benzene rings is 2. The van der Waals surface area contributed by atoms with Gasteiger partial charge in [0.05, 0.1) is 12.3 Å². The summed E-state index contributed by atoms with van der Waals surface area (Å²) >= 11 is 0. The Morgan fingerprint density at radius 2 is 1.14 bits per heavy atom. The first-order valence-corrected chi connectivity index (χ1v) is 13.3. The third-order valence-electron chi connectivity index (χ3n) is 7.13. The highest BCUT2D eigenvalue weighted by Gasteiger charge is 2.31. The van der Waals surface area contributed by atoms with E-state index in [1.165, 1.54) is 0 Å². The highest BCUT2D eigenvalue weighted by molar-refractivity contribution is 5.45. The summed E-state index contributed by atoms with van der Waals surface area (Å²) in [6.07, 6.45) is 0.0244. The van der Waals surface area contributed by atoms with Gasteiger partial charge in [-0.3, -0.25) is 20.9 Å². The molecule has 0 fully saturated rings. The zero-order valence-electron chi connectivity index (χ0n) is 23.8. The number of aromatic hydroxyl groups is 2. The molecule has 1 heterocycles. The van der Waals surface area contributed by atoms with Crippen molar-refractivity contribution in [3.63, 3.8) is 0 Å². The van der Waals surface area contributed by atoms with Crippen molar-refractivity contribution in [3.05, 3.63) is 57.6 Å². The summed E-state index contributed by atoms with van der Waals surface area (Å²) in [6, 6.07) is 8.31. The lowest BCUT2D eigenvalue weighted by Gasteiger charge is -2.41. The van der Waals surface area contributed by atoms with Gasteiger partial charge in [-0.25, -0.2) is 0 Å². The molecule has 0 radical (unpaired) electrons. The number of rotatable bonds is 1. The lowest BCUT2D eigenvalue weighted by atomic mass is 9.90. The topological polar surface area (TPSA) is 79.8 Å². The molecule has 0 aliphatic carbocycles. The molecule has 4 bridgehead atoms. The average Bonchev–Trinajstić information content (AvgIpc) is 2.75. The standard InChI is InChI=1S/C30H48N4O2/c1-10-34-18-24-14-20(3)13-22(26(24)36)16-32-27(29(4,5)6)31-15-21-11-19(2)12-23(25(21)35)17-33-28(34)30(7,8)9/h11-14,27-28,31-33,35-36H,10,15-18H2,1-9H3. The van der Waals surface area contributed by atoms with Gasteiger partial charge in [0.2, 0.25) is 0 Å². The minimum absolute atomic E-state index is 0.0207. The van der Waals surface area contributed by atoms with Crippen molar-refractivity contribution in [2.75, 3.05) is 6.54 Å². The SMILES string of the molecule is CCN1Cc2cc(C)cc(c2O)CNC(C(C)(C)C)NCc2cc(C)cc(c2O)CNC1C(C)(C)C. The Labute approximate surface area is 218 Å². The van der Waals surface area contributed by atoms with Crippen LogP contribution < -0.4 is 16.0 Å². The Hall–Kier alpha value is -2.12. The molecule has 0 saturated carbocycles. The molecule has 3 rings (SSSR count). The molecule has 1 aliphatic rings. The summed E-state index contributed by atoms with van der Waals surface area (Å²) in [6.45, 7) is 22.7. The molecule has 1 aliphatic heterocycles. The van der Waals surface area contributed by atoms with Crippen LogP contribution in [0.2, 0.25) is 0 Å². The summed E-state index contributed by atoms with van der Waals surface area (Å²) in [7, 11) is 0. The number of fused-ring (bicyclic) bond motifs is 4. The molecule has 200 valence electrons. The van der Waals surface area contributed by atoms with Crippen LogP contribution in [0.1, 0.15) is 81.8 Å². The van der Waals surface area contributed by atoms with Gasteiger partial charge in [-0.1, -0.05) is 83.9 Å². The van der Waals surface area contributed by atoms with E-state index in [0.29, 0.717) is 37.7 Å². The van der Waals surface area contributed by atoms with Gasteiger partial charge in [0, 0.05) is 48.4 Å². The van der Waals surface area contributed by atoms with E-state index in [9.17, 15) is 10.2 Å². The van der Waals surface area contributed by atoms with Gasteiger partial charge < -0.3 is 10.2 Å². The third kappa shape index (κ3) is 6.80. The Morgan fingerprint density at radius 3 is 1.56 bits per heavy atom. The summed E-state index contributed by atoms with van der Waals surface area (Å²) in [5.41, 5.74) is 5.81. The minimum Gasteiger partial charge on any atom is -0.507 e. The number of nitrogens with one attached hydrogen (secondary N) is 3. The Kier molecular flexibility index (Phi) is 8.77. The third-order valence-corrected chi connectivity index (χ3v) is 7.13. The molecule has 2 aromatic carbocycles. The lowest BCUT2D eigenvalue weighted by molar-refractivity contribution is 0.0667. The fraction of sp³-hybridized carbons (Fsp3) is 0.600. The minimum atomic E-state index is -0.0729. The van der Waals surface area contributed by atoms with E-state index in [1.54, 1.807) is 0 Å². The summed E-state index contributed by atoms with van der Waals surface area (Å²) in [4.78, 5) is 2.38. The number of hydrogen-bond acceptors (Lipinski definition) is 6. The molecule has 0 aromatic heterocycles. The molecule has 36 heavy (non-hydrogen) atoms. The monoisotopic (exact) mass is 496 g/mol. The van der Waals surface area contributed by atoms with Gasteiger partial charge in [-0.05, 0) is 31.2 Å². The van der Waals surface area contributed by atoms with Crippen LogP contribution in [0.15, 0.2) is 24.3 Å². The van der Waals surface area contributed by atoms with Crippen LogP contribution in [-0.4, -0.2) is 34.0 Å². The number of nitrogens with zero attached hydrogens (tertiary/aromatic N) is 1. The normalized spacial score (nSPS) is 20.9. The van der Waals surface area contributed by atoms with Crippen molar-refractivity contribution in [1.29, 1.82) is 0 Å². The Morgan fingerprint density at radius 1 is 0.722 bits per heavy atom. The highest BCUT2D eigenvalue weighted by atomic mass is 16.3. The smallest absolute Gasteiger partial charge is 0.124 e. The molecule has 2 aromatic rings. The van der Waals surface area contributed by atoms with Gasteiger partial charge in [-0.2, -0.15) is 0 Å². The maximum absolute atomic E-state index is 11.3. The molecule has 0 saturated heterocycles. The molecular formula is C30H48N4O2. The first kappa shape index (κ1) is 28.5. The average molecular weight is 497 g/mol. The van der Waals surface area contributed by atoms with E-state index < -0.39 is 0 Å². The second-order valence-corrected chi connectivity index (χ2v) is 12.6. The lowest BCUT2D eigenvalue weighted by Crippen LogP contribution is -2.52. The predicted molar refractivity (Wildman–Crippen MR) is 149 cm³/mol. The maximum Gasteiger partial charge on any atom is 0.124 e. The molecule has 6 heteroatoms. The Balaban J connectivity index is 2.10. The summed E-state index contributed by atoms with van der Waals surface area (Å²) < 4.78 is 0. The van der Waals surface area contributed by atoms with Gasteiger partial charge in [0.15, 0.2) is 0 Å². The van der Waals surface area contributed by atoms with Gasteiger partial charge >= 0.3 is 0 Å². The Bertz CT molecular complexity index is 1050. The predicted octanol–water partition coefficient (Wildman–Crippen LogP) is 5.26. The zero-order chi connectivity index (χ0) is 26.8. The van der Waals surface area contributed by atoms with Crippen molar-refractivity contribution in [2.24, 2.45) is 10.8 Å². The van der Waals surface area contributed by atoms with Crippen molar-refractivity contribution in [1.82, 2.24) is 20.9 Å². The van der Waals surface area contributed by atoms with Crippen LogP contribution in [0.3, 0.4) is 0 Å². The van der Waals surface area contributed by atoms with Gasteiger partial charge in [-0.15, -0.1) is 0 Å². The molecule has 2 unspecified atom stereocenters. The fourth-order valence-electron chi connectivity index (χ4n) is 5.30. The zero-order valence-corrected chi connectivity index (χ0v) is 23.8. The van der Waals surface area contributed by atoms with Crippen LogP contribution in [0.5, 0.6) is 11.5 Å². The van der Waals surface area contributed by atoms with Crippen molar-refractivity contribution >= 4 is 0 Å². The van der Waals surface area contributed by atoms with Crippen LogP contribution in [-0.2, 0) is 26.2 Å². The van der Waals surface area contributed by atoms with E-state index in [1.807, 2.05) is 0 Å². The quantitative estimate of drug-likeness (QED) is 0.370. The van der Waals surface area contributed by atoms with Crippen molar-refractivity contribution in [3.8, 4) is 11.5 Å². The van der Waals surface area contributed by atoms with E-state index in [2.05, 4.69) is 107 Å². The molecule has 0 spiro atoms. The van der Waals surface area contributed by atoms with Crippen molar-refractivity contribution < 1.29 is 10.2 Å². The number of phenols is 2. The molecule has 2 atom stereocenters. The first-order valence-electron chi connectivity index (χ1n) is 13.3. The number of phenolic OH excluding ortho intramolecular Hbond substituents is 2. The second kappa shape index (κ2) is 11.1. The van der Waals surface area contributed by atoms with E-state index in [0.717, 1.165) is 39.9 Å². The van der Waals surface area contributed by atoms with Crippen LogP contribution in [0.25, 0.3) is 0 Å².